The van der Waals surface area contributed by atoms with E-state index in [9.17, 15) is 4.79 Å². The van der Waals surface area contributed by atoms with Gasteiger partial charge in [-0.15, -0.1) is 10.2 Å². The molecule has 1 heterocycles. The van der Waals surface area contributed by atoms with Gasteiger partial charge in [-0.05, 0) is 47.9 Å². The van der Waals surface area contributed by atoms with Crippen molar-refractivity contribution in [2.75, 3.05) is 18.2 Å². The van der Waals surface area contributed by atoms with Crippen molar-refractivity contribution in [1.29, 1.82) is 0 Å². The maximum absolute atomic E-state index is 12.8. The van der Waals surface area contributed by atoms with E-state index in [1.54, 1.807) is 7.11 Å². The van der Waals surface area contributed by atoms with Crippen LogP contribution in [0.3, 0.4) is 0 Å². The summed E-state index contributed by atoms with van der Waals surface area (Å²) in [4.78, 5) is 12.8. The number of hydrogen-bond donors (Lipinski definition) is 1. The highest BCUT2D eigenvalue weighted by atomic mass is 32.2. The summed E-state index contributed by atoms with van der Waals surface area (Å²) in [6, 6.07) is 31.5. The van der Waals surface area contributed by atoms with E-state index < -0.39 is 0 Å². The van der Waals surface area contributed by atoms with E-state index in [2.05, 4.69) is 15.5 Å². The molecule has 34 heavy (non-hydrogen) atoms. The first-order valence-electron chi connectivity index (χ1n) is 10.8. The number of carbonyl (C=O) groups is 1. The number of benzene rings is 4. The monoisotopic (exact) mass is 466 g/mol. The smallest absolute Gasteiger partial charge is 0.234 e. The standard InChI is InChI=1S/C27H22N4O2S/c1-33-22-16-14-20(15-17-22)26-29-30-27(31(26)21-10-3-2-4-11-21)34-18-25(32)28-24-13-7-9-19-8-5-6-12-23(19)24/h2-17H,18H2,1H3,(H,28,32). The zero-order valence-electron chi connectivity index (χ0n) is 18.5. The molecule has 168 valence electrons. The van der Waals surface area contributed by atoms with Gasteiger partial charge < -0.3 is 10.1 Å². The lowest BCUT2D eigenvalue weighted by molar-refractivity contribution is -0.113. The van der Waals surface area contributed by atoms with Crippen LogP contribution in [-0.2, 0) is 4.79 Å². The molecule has 0 bridgehead atoms. The molecular weight excluding hydrogens is 444 g/mol. The molecule has 1 N–H and O–H groups in total. The third-order valence-corrected chi connectivity index (χ3v) is 6.32. The lowest BCUT2D eigenvalue weighted by Gasteiger charge is -2.11. The fraction of sp³-hybridized carbons (Fsp3) is 0.0741. The molecule has 6 nitrogen and oxygen atoms in total. The summed E-state index contributed by atoms with van der Waals surface area (Å²) in [6.07, 6.45) is 0. The molecular formula is C27H22N4O2S. The Labute approximate surface area is 201 Å². The van der Waals surface area contributed by atoms with Crippen LogP contribution in [0.25, 0.3) is 27.8 Å². The van der Waals surface area contributed by atoms with Crippen molar-refractivity contribution < 1.29 is 9.53 Å². The Morgan fingerprint density at radius 2 is 1.62 bits per heavy atom. The number of nitrogens with zero attached hydrogens (tertiary/aromatic N) is 3. The van der Waals surface area contributed by atoms with Crippen molar-refractivity contribution in [3.05, 3.63) is 97.1 Å². The predicted octanol–water partition coefficient (Wildman–Crippen LogP) is 5.83. The third-order valence-electron chi connectivity index (χ3n) is 5.39. The highest BCUT2D eigenvalue weighted by Crippen LogP contribution is 2.29. The van der Waals surface area contributed by atoms with Gasteiger partial charge in [0.05, 0.1) is 12.9 Å². The van der Waals surface area contributed by atoms with E-state index in [4.69, 9.17) is 4.74 Å². The van der Waals surface area contributed by atoms with Gasteiger partial charge in [-0.1, -0.05) is 66.4 Å². The second-order valence-corrected chi connectivity index (χ2v) is 8.51. The lowest BCUT2D eigenvalue weighted by Crippen LogP contribution is -2.14. The fourth-order valence-electron chi connectivity index (χ4n) is 3.75. The molecule has 0 fully saturated rings. The normalized spacial score (nSPS) is 10.9. The molecule has 0 atom stereocenters. The largest absolute Gasteiger partial charge is 0.497 e. The van der Waals surface area contributed by atoms with Gasteiger partial charge in [0.15, 0.2) is 11.0 Å². The topological polar surface area (TPSA) is 69.0 Å². The summed E-state index contributed by atoms with van der Waals surface area (Å²) < 4.78 is 7.24. The average molecular weight is 467 g/mol. The summed E-state index contributed by atoms with van der Waals surface area (Å²) in [5, 5.41) is 14.6. The summed E-state index contributed by atoms with van der Waals surface area (Å²) in [5.74, 6) is 1.58. The first kappa shape index (κ1) is 21.7. The average Bonchev–Trinajstić information content (AvgIpc) is 3.32. The zero-order valence-corrected chi connectivity index (χ0v) is 19.3. The highest BCUT2D eigenvalue weighted by molar-refractivity contribution is 7.99. The van der Waals surface area contributed by atoms with Crippen LogP contribution in [0.1, 0.15) is 0 Å². The first-order chi connectivity index (χ1) is 16.7. The summed E-state index contributed by atoms with van der Waals surface area (Å²) in [6.45, 7) is 0. The predicted molar refractivity (Wildman–Crippen MR) is 137 cm³/mol. The van der Waals surface area contributed by atoms with Gasteiger partial charge in [0.2, 0.25) is 5.91 Å². The van der Waals surface area contributed by atoms with E-state index in [1.165, 1.54) is 11.8 Å². The molecule has 0 aliphatic rings. The van der Waals surface area contributed by atoms with Crippen LogP contribution in [0.4, 0.5) is 5.69 Å². The van der Waals surface area contributed by atoms with Gasteiger partial charge in [-0.2, -0.15) is 0 Å². The molecule has 4 aromatic carbocycles. The quantitative estimate of drug-likeness (QED) is 0.306. The van der Waals surface area contributed by atoms with Crippen molar-refractivity contribution in [1.82, 2.24) is 14.8 Å². The third kappa shape index (κ3) is 4.51. The molecule has 0 saturated heterocycles. The van der Waals surface area contributed by atoms with Crippen molar-refractivity contribution in [3.63, 3.8) is 0 Å². The Balaban J connectivity index is 1.40. The second-order valence-electron chi connectivity index (χ2n) is 7.57. The van der Waals surface area contributed by atoms with E-state index in [-0.39, 0.29) is 11.7 Å². The first-order valence-corrected chi connectivity index (χ1v) is 11.8. The SMILES string of the molecule is COc1ccc(-c2nnc(SCC(=O)Nc3cccc4ccccc34)n2-c2ccccc2)cc1. The number of thioether (sulfide) groups is 1. The Hall–Kier alpha value is -4.10. The van der Waals surface area contributed by atoms with Crippen molar-refractivity contribution in [2.45, 2.75) is 5.16 Å². The van der Waals surface area contributed by atoms with E-state index in [1.807, 2.05) is 102 Å². The number of fused-ring (bicyclic) bond motifs is 1. The number of hydrogen-bond acceptors (Lipinski definition) is 5. The van der Waals surface area contributed by atoms with Gasteiger partial charge in [-0.3, -0.25) is 9.36 Å². The molecule has 7 heteroatoms. The summed E-state index contributed by atoms with van der Waals surface area (Å²) >= 11 is 1.35. The Kier molecular flexibility index (Phi) is 6.27. The second kappa shape index (κ2) is 9.80. The van der Waals surface area contributed by atoms with Crippen LogP contribution in [-0.4, -0.2) is 33.5 Å². The number of carbonyl (C=O) groups excluding carboxylic acids is 1. The Bertz CT molecular complexity index is 1430. The number of nitrogens with one attached hydrogen (secondary N) is 1. The number of anilines is 1. The van der Waals surface area contributed by atoms with Crippen LogP contribution in [0, 0.1) is 0 Å². The van der Waals surface area contributed by atoms with Gasteiger partial charge in [0.25, 0.3) is 0 Å². The lowest BCUT2D eigenvalue weighted by atomic mass is 10.1. The van der Waals surface area contributed by atoms with Crippen molar-refractivity contribution in [3.8, 4) is 22.8 Å². The molecule has 0 aliphatic heterocycles. The van der Waals surface area contributed by atoms with Crippen LogP contribution in [0.2, 0.25) is 0 Å². The number of rotatable bonds is 7. The molecule has 0 radical (unpaired) electrons. The minimum Gasteiger partial charge on any atom is -0.497 e. The molecule has 1 aromatic heterocycles. The Morgan fingerprint density at radius 3 is 2.41 bits per heavy atom. The number of para-hydroxylation sites is 1. The minimum absolute atomic E-state index is 0.102. The number of ether oxygens (including phenoxy) is 1. The molecule has 5 aromatic rings. The van der Waals surface area contributed by atoms with Gasteiger partial charge in [0, 0.05) is 22.3 Å². The van der Waals surface area contributed by atoms with Crippen molar-refractivity contribution >= 4 is 34.1 Å². The molecule has 0 saturated carbocycles. The van der Waals surface area contributed by atoms with E-state index >= 15 is 0 Å². The van der Waals surface area contributed by atoms with Crippen molar-refractivity contribution in [2.24, 2.45) is 0 Å². The van der Waals surface area contributed by atoms with Crippen LogP contribution < -0.4 is 10.1 Å². The molecule has 0 unspecified atom stereocenters. The molecule has 1 amide bonds. The molecule has 0 aliphatic carbocycles. The zero-order chi connectivity index (χ0) is 23.3. The number of aromatic nitrogens is 3. The van der Waals surface area contributed by atoms with Gasteiger partial charge in [-0.25, -0.2) is 0 Å². The van der Waals surface area contributed by atoms with Gasteiger partial charge >= 0.3 is 0 Å². The van der Waals surface area contributed by atoms with Crippen LogP contribution >= 0.6 is 11.8 Å². The maximum Gasteiger partial charge on any atom is 0.234 e. The number of amides is 1. The maximum atomic E-state index is 12.8. The van der Waals surface area contributed by atoms with Crippen LogP contribution in [0.5, 0.6) is 5.75 Å². The highest BCUT2D eigenvalue weighted by Gasteiger charge is 2.17. The molecule has 0 spiro atoms. The summed E-state index contributed by atoms with van der Waals surface area (Å²) in [7, 11) is 1.64. The van der Waals surface area contributed by atoms with Gasteiger partial charge in [0.1, 0.15) is 5.75 Å². The fourth-order valence-corrected chi connectivity index (χ4v) is 4.50. The Morgan fingerprint density at radius 1 is 0.882 bits per heavy atom. The van der Waals surface area contributed by atoms with E-state index in [0.29, 0.717) is 11.0 Å². The van der Waals surface area contributed by atoms with E-state index in [0.717, 1.165) is 33.5 Å². The minimum atomic E-state index is -0.102. The van der Waals surface area contributed by atoms with Crippen LogP contribution in [0.15, 0.2) is 102 Å². The molecule has 5 rings (SSSR count). The summed E-state index contributed by atoms with van der Waals surface area (Å²) in [5.41, 5.74) is 2.63. The number of methoxy groups -OCH3 is 1.